The molecule has 1 aromatic rings. The van der Waals surface area contributed by atoms with E-state index >= 15 is 0 Å². The third kappa shape index (κ3) is 5.81. The monoisotopic (exact) mass is 415 g/mol. The van der Waals surface area contributed by atoms with Crippen molar-refractivity contribution in [2.75, 3.05) is 25.0 Å². The average molecular weight is 416 g/mol. The minimum atomic E-state index is -0.150. The van der Waals surface area contributed by atoms with Gasteiger partial charge in [-0.25, -0.2) is 0 Å². The zero-order chi connectivity index (χ0) is 21.7. The molecule has 1 atom stereocenters. The summed E-state index contributed by atoms with van der Waals surface area (Å²) in [5.41, 5.74) is 1.07. The van der Waals surface area contributed by atoms with Crippen molar-refractivity contribution in [1.29, 1.82) is 0 Å². The number of amides is 3. The van der Waals surface area contributed by atoms with E-state index in [-0.39, 0.29) is 29.4 Å². The highest BCUT2D eigenvalue weighted by Crippen LogP contribution is 2.38. The molecule has 0 radical (unpaired) electrons. The number of ether oxygens (including phenoxy) is 1. The molecule has 1 spiro atoms. The minimum Gasteiger partial charge on any atom is -0.370 e. The maximum absolute atomic E-state index is 12.4. The van der Waals surface area contributed by atoms with Crippen LogP contribution in [-0.2, 0) is 14.3 Å². The van der Waals surface area contributed by atoms with Crippen molar-refractivity contribution in [3.05, 3.63) is 29.8 Å². The Kier molecular flexibility index (Phi) is 7.13. The first-order valence-corrected chi connectivity index (χ1v) is 10.9. The highest BCUT2D eigenvalue weighted by Gasteiger charge is 2.43. The largest absolute Gasteiger partial charge is 0.370 e. The van der Waals surface area contributed by atoms with Gasteiger partial charge in [0.25, 0.3) is 5.91 Å². The fraction of sp³-hybridized carbons (Fsp3) is 0.609. The Balaban J connectivity index is 1.43. The van der Waals surface area contributed by atoms with E-state index in [2.05, 4.69) is 24.5 Å². The van der Waals surface area contributed by atoms with Crippen LogP contribution in [0.5, 0.6) is 0 Å². The third-order valence-corrected chi connectivity index (χ3v) is 5.91. The van der Waals surface area contributed by atoms with Crippen LogP contribution in [0.15, 0.2) is 24.3 Å². The van der Waals surface area contributed by atoms with Gasteiger partial charge in [-0.1, -0.05) is 13.8 Å². The SMILES string of the molecule is CC(=O)Nc1ccc(C(=O)NCC2CCC3(CCN(C(=O)CC(C)C)CC3)O2)cc1. The van der Waals surface area contributed by atoms with Crippen molar-refractivity contribution in [3.8, 4) is 0 Å². The Morgan fingerprint density at radius 1 is 1.13 bits per heavy atom. The molecular weight excluding hydrogens is 382 g/mol. The molecule has 1 aromatic carbocycles. The molecular formula is C23H33N3O4. The summed E-state index contributed by atoms with van der Waals surface area (Å²) in [6.45, 7) is 7.57. The number of hydrogen-bond acceptors (Lipinski definition) is 4. The van der Waals surface area contributed by atoms with Crippen LogP contribution in [0, 0.1) is 5.92 Å². The molecule has 2 saturated heterocycles. The summed E-state index contributed by atoms with van der Waals surface area (Å²) in [7, 11) is 0. The summed E-state index contributed by atoms with van der Waals surface area (Å²) in [5, 5.41) is 5.64. The van der Waals surface area contributed by atoms with E-state index in [1.54, 1.807) is 24.3 Å². The molecule has 2 aliphatic heterocycles. The number of carbonyl (C=O) groups is 3. The molecule has 2 aliphatic rings. The number of benzene rings is 1. The van der Waals surface area contributed by atoms with Crippen molar-refractivity contribution in [2.45, 2.75) is 64.6 Å². The second kappa shape index (κ2) is 9.60. The van der Waals surface area contributed by atoms with Crippen LogP contribution >= 0.6 is 0 Å². The van der Waals surface area contributed by atoms with Crippen LogP contribution in [-0.4, -0.2) is 54.0 Å². The molecule has 0 aliphatic carbocycles. The fourth-order valence-corrected chi connectivity index (χ4v) is 4.27. The summed E-state index contributed by atoms with van der Waals surface area (Å²) in [4.78, 5) is 37.7. The van der Waals surface area contributed by atoms with E-state index in [4.69, 9.17) is 4.74 Å². The summed E-state index contributed by atoms with van der Waals surface area (Å²) in [6, 6.07) is 6.82. The molecule has 2 N–H and O–H groups in total. The maximum Gasteiger partial charge on any atom is 0.251 e. The number of nitrogens with zero attached hydrogens (tertiary/aromatic N) is 1. The number of nitrogens with one attached hydrogen (secondary N) is 2. The molecule has 0 bridgehead atoms. The molecule has 3 amide bonds. The van der Waals surface area contributed by atoms with Gasteiger partial charge in [0.1, 0.15) is 0 Å². The van der Waals surface area contributed by atoms with Crippen molar-refractivity contribution < 1.29 is 19.1 Å². The molecule has 2 fully saturated rings. The molecule has 7 heteroatoms. The fourth-order valence-electron chi connectivity index (χ4n) is 4.27. The average Bonchev–Trinajstić information content (AvgIpc) is 3.08. The van der Waals surface area contributed by atoms with Crippen LogP contribution in [0.1, 0.15) is 63.2 Å². The molecule has 0 aromatic heterocycles. The second-order valence-corrected chi connectivity index (χ2v) is 8.91. The second-order valence-electron chi connectivity index (χ2n) is 8.91. The minimum absolute atomic E-state index is 0.00511. The van der Waals surface area contributed by atoms with Crippen molar-refractivity contribution in [3.63, 3.8) is 0 Å². The van der Waals surface area contributed by atoms with E-state index in [0.29, 0.717) is 30.1 Å². The van der Waals surface area contributed by atoms with E-state index in [9.17, 15) is 14.4 Å². The van der Waals surface area contributed by atoms with Gasteiger partial charge in [-0.2, -0.15) is 0 Å². The Morgan fingerprint density at radius 2 is 1.80 bits per heavy atom. The summed E-state index contributed by atoms with van der Waals surface area (Å²) < 4.78 is 6.35. The van der Waals surface area contributed by atoms with Gasteiger partial charge in [-0.05, 0) is 55.9 Å². The van der Waals surface area contributed by atoms with Crippen molar-refractivity contribution in [1.82, 2.24) is 10.2 Å². The normalized spacial score (nSPS) is 20.4. The lowest BCUT2D eigenvalue weighted by atomic mass is 9.88. The lowest BCUT2D eigenvalue weighted by molar-refractivity contribution is -0.138. The molecule has 3 rings (SSSR count). The van der Waals surface area contributed by atoms with E-state index in [0.717, 1.165) is 38.8 Å². The third-order valence-electron chi connectivity index (χ3n) is 5.91. The van der Waals surface area contributed by atoms with Crippen LogP contribution < -0.4 is 10.6 Å². The molecule has 7 nitrogen and oxygen atoms in total. The summed E-state index contributed by atoms with van der Waals surface area (Å²) in [6.07, 6.45) is 4.24. The van der Waals surface area contributed by atoms with Crippen molar-refractivity contribution >= 4 is 23.4 Å². The predicted molar refractivity (Wildman–Crippen MR) is 115 cm³/mol. The topological polar surface area (TPSA) is 87.7 Å². The smallest absolute Gasteiger partial charge is 0.251 e. The van der Waals surface area contributed by atoms with Gasteiger partial charge in [0.15, 0.2) is 0 Å². The Morgan fingerprint density at radius 3 is 2.40 bits per heavy atom. The Labute approximate surface area is 178 Å². The van der Waals surface area contributed by atoms with Gasteiger partial charge in [0.2, 0.25) is 11.8 Å². The zero-order valence-corrected chi connectivity index (χ0v) is 18.2. The first-order valence-electron chi connectivity index (χ1n) is 10.9. The van der Waals surface area contributed by atoms with Gasteiger partial charge in [-0.3, -0.25) is 14.4 Å². The number of carbonyl (C=O) groups excluding carboxylic acids is 3. The van der Waals surface area contributed by atoms with Gasteiger partial charge >= 0.3 is 0 Å². The van der Waals surface area contributed by atoms with Gasteiger partial charge in [0, 0.05) is 44.2 Å². The molecule has 0 saturated carbocycles. The number of hydrogen-bond donors (Lipinski definition) is 2. The summed E-state index contributed by atoms with van der Waals surface area (Å²) in [5.74, 6) is 0.328. The number of rotatable bonds is 6. The number of piperidine rings is 1. The number of anilines is 1. The van der Waals surface area contributed by atoms with Gasteiger partial charge < -0.3 is 20.3 Å². The molecule has 30 heavy (non-hydrogen) atoms. The molecule has 2 heterocycles. The first-order chi connectivity index (χ1) is 14.3. The quantitative estimate of drug-likeness (QED) is 0.748. The zero-order valence-electron chi connectivity index (χ0n) is 18.2. The first kappa shape index (κ1) is 22.3. The Bertz CT molecular complexity index is 767. The van der Waals surface area contributed by atoms with Gasteiger partial charge in [-0.15, -0.1) is 0 Å². The van der Waals surface area contributed by atoms with Crippen LogP contribution in [0.25, 0.3) is 0 Å². The molecule has 1 unspecified atom stereocenters. The predicted octanol–water partition coefficient (Wildman–Crippen LogP) is 2.96. The highest BCUT2D eigenvalue weighted by molar-refractivity contribution is 5.95. The Hall–Kier alpha value is -2.41. The van der Waals surface area contributed by atoms with Crippen LogP contribution in [0.2, 0.25) is 0 Å². The lowest BCUT2D eigenvalue weighted by Gasteiger charge is -2.39. The number of likely N-dealkylation sites (tertiary alicyclic amines) is 1. The lowest BCUT2D eigenvalue weighted by Crippen LogP contribution is -2.47. The maximum atomic E-state index is 12.4. The van der Waals surface area contributed by atoms with E-state index < -0.39 is 0 Å². The van der Waals surface area contributed by atoms with Crippen LogP contribution in [0.4, 0.5) is 5.69 Å². The highest BCUT2D eigenvalue weighted by atomic mass is 16.5. The van der Waals surface area contributed by atoms with Crippen molar-refractivity contribution in [2.24, 2.45) is 5.92 Å². The van der Waals surface area contributed by atoms with E-state index in [1.807, 2.05) is 4.90 Å². The van der Waals surface area contributed by atoms with Crippen LogP contribution in [0.3, 0.4) is 0 Å². The standard InChI is InChI=1S/C23H33N3O4/c1-16(2)14-21(28)26-12-10-23(11-13-26)9-8-20(30-23)15-24-22(29)18-4-6-19(7-5-18)25-17(3)27/h4-7,16,20H,8-15H2,1-3H3,(H,24,29)(H,25,27). The molecule has 164 valence electrons. The van der Waals surface area contributed by atoms with E-state index in [1.165, 1.54) is 6.92 Å². The summed E-state index contributed by atoms with van der Waals surface area (Å²) >= 11 is 0. The van der Waals surface area contributed by atoms with Gasteiger partial charge in [0.05, 0.1) is 11.7 Å².